The summed E-state index contributed by atoms with van der Waals surface area (Å²) in [6.45, 7) is 2.09. The van der Waals surface area contributed by atoms with Crippen molar-refractivity contribution in [1.82, 2.24) is 4.90 Å². The maximum atomic E-state index is 11.9. The van der Waals surface area contributed by atoms with Gasteiger partial charge in [0.1, 0.15) is 5.60 Å². The number of hydrogen-bond donors (Lipinski definition) is 1. The molecule has 0 aliphatic heterocycles. The first-order valence-corrected chi connectivity index (χ1v) is 9.70. The van der Waals surface area contributed by atoms with E-state index in [0.717, 1.165) is 47.9 Å². The molecule has 1 aliphatic carbocycles. The van der Waals surface area contributed by atoms with Gasteiger partial charge in [-0.25, -0.2) is 0 Å². The van der Waals surface area contributed by atoms with Gasteiger partial charge in [0, 0.05) is 5.02 Å². The normalized spacial score (nSPS) is 23.4. The second-order valence-electron chi connectivity index (χ2n) is 7.58. The van der Waals surface area contributed by atoms with Crippen LogP contribution in [0.1, 0.15) is 48.4 Å². The van der Waals surface area contributed by atoms with Crippen molar-refractivity contribution in [2.24, 2.45) is 0 Å². The lowest BCUT2D eigenvalue weighted by molar-refractivity contribution is -0.0222. The van der Waals surface area contributed by atoms with Gasteiger partial charge in [-0.15, -0.1) is 0 Å². The standard InChI is InChI=1S/C23H28ClNO/c1-17-12-13-20(24)16-21(17)22(25(2)3)23(26)14-8-7-11-19(23)15-18-9-5-4-6-10-18/h4-6,9-10,12-13,15-16,22,26H,7-8,11,14H2,1-3H3. The Labute approximate surface area is 162 Å². The fourth-order valence-corrected chi connectivity index (χ4v) is 4.40. The minimum Gasteiger partial charge on any atom is -0.383 e. The zero-order valence-electron chi connectivity index (χ0n) is 15.9. The molecule has 26 heavy (non-hydrogen) atoms. The van der Waals surface area contributed by atoms with Crippen LogP contribution in [-0.4, -0.2) is 29.7 Å². The minimum absolute atomic E-state index is 0.128. The molecule has 2 aromatic rings. The molecular formula is C23H28ClNO. The van der Waals surface area contributed by atoms with Gasteiger partial charge in [-0.05, 0) is 81.1 Å². The lowest BCUT2D eigenvalue weighted by Crippen LogP contribution is -2.46. The molecule has 2 nitrogen and oxygen atoms in total. The SMILES string of the molecule is Cc1ccc(Cl)cc1C(N(C)C)C1(O)CCCCC1=Cc1ccccc1. The highest BCUT2D eigenvalue weighted by atomic mass is 35.5. The Kier molecular flexibility index (Phi) is 5.86. The van der Waals surface area contributed by atoms with Gasteiger partial charge < -0.3 is 5.11 Å². The quantitative estimate of drug-likeness (QED) is 0.753. The first kappa shape index (κ1) is 19.2. The van der Waals surface area contributed by atoms with E-state index in [1.54, 1.807) is 0 Å². The third kappa shape index (κ3) is 3.88. The maximum absolute atomic E-state index is 11.9. The summed E-state index contributed by atoms with van der Waals surface area (Å²) in [4.78, 5) is 2.13. The highest BCUT2D eigenvalue weighted by Crippen LogP contribution is 2.46. The number of benzene rings is 2. The molecule has 1 aliphatic rings. The van der Waals surface area contributed by atoms with Crippen LogP contribution in [0, 0.1) is 6.92 Å². The molecule has 1 fully saturated rings. The first-order chi connectivity index (χ1) is 12.4. The third-order valence-corrected chi connectivity index (χ3v) is 5.69. The van der Waals surface area contributed by atoms with Crippen LogP contribution in [0.25, 0.3) is 6.08 Å². The number of aryl methyl sites for hydroxylation is 1. The van der Waals surface area contributed by atoms with Crippen LogP contribution in [0.5, 0.6) is 0 Å². The molecule has 0 heterocycles. The van der Waals surface area contributed by atoms with Gasteiger partial charge in [-0.2, -0.15) is 0 Å². The fraction of sp³-hybridized carbons (Fsp3) is 0.391. The average molecular weight is 370 g/mol. The van der Waals surface area contributed by atoms with Gasteiger partial charge in [-0.3, -0.25) is 4.90 Å². The number of halogens is 1. The molecule has 0 bridgehead atoms. The molecule has 3 heteroatoms. The van der Waals surface area contributed by atoms with Crippen LogP contribution in [0.15, 0.2) is 54.1 Å². The van der Waals surface area contributed by atoms with E-state index >= 15 is 0 Å². The summed E-state index contributed by atoms with van der Waals surface area (Å²) >= 11 is 6.30. The van der Waals surface area contributed by atoms with Crippen molar-refractivity contribution in [3.8, 4) is 0 Å². The largest absolute Gasteiger partial charge is 0.383 e. The fourth-order valence-electron chi connectivity index (χ4n) is 4.22. The van der Waals surface area contributed by atoms with Crippen molar-refractivity contribution in [2.45, 2.75) is 44.2 Å². The highest BCUT2D eigenvalue weighted by molar-refractivity contribution is 6.30. The van der Waals surface area contributed by atoms with Crippen molar-refractivity contribution in [3.05, 3.63) is 75.8 Å². The number of likely N-dealkylation sites (N-methyl/N-ethyl adjacent to an activating group) is 1. The van der Waals surface area contributed by atoms with Gasteiger partial charge in [0.15, 0.2) is 0 Å². The smallest absolute Gasteiger partial charge is 0.106 e. The monoisotopic (exact) mass is 369 g/mol. The van der Waals surface area contributed by atoms with Crippen molar-refractivity contribution in [3.63, 3.8) is 0 Å². The molecular weight excluding hydrogens is 342 g/mol. The predicted octanol–water partition coefficient (Wildman–Crippen LogP) is 5.64. The second kappa shape index (κ2) is 7.96. The van der Waals surface area contributed by atoms with Gasteiger partial charge in [0.2, 0.25) is 0 Å². The van der Waals surface area contributed by atoms with Gasteiger partial charge >= 0.3 is 0 Å². The molecule has 1 saturated carbocycles. The zero-order valence-corrected chi connectivity index (χ0v) is 16.6. The van der Waals surface area contributed by atoms with Gasteiger partial charge in [0.05, 0.1) is 6.04 Å². The third-order valence-electron chi connectivity index (χ3n) is 5.46. The zero-order chi connectivity index (χ0) is 18.7. The van der Waals surface area contributed by atoms with Gasteiger partial charge in [0.25, 0.3) is 0 Å². The molecule has 2 atom stereocenters. The number of nitrogens with zero attached hydrogens (tertiary/aromatic N) is 1. The highest BCUT2D eigenvalue weighted by Gasteiger charge is 2.44. The van der Waals surface area contributed by atoms with Crippen LogP contribution in [0.3, 0.4) is 0 Å². The van der Waals surface area contributed by atoms with Gasteiger partial charge in [-0.1, -0.05) is 54.1 Å². The van der Waals surface area contributed by atoms with E-state index in [9.17, 15) is 5.11 Å². The summed E-state index contributed by atoms with van der Waals surface area (Å²) in [7, 11) is 4.08. The number of hydrogen-bond acceptors (Lipinski definition) is 2. The molecule has 0 amide bonds. The Morgan fingerprint density at radius 3 is 2.54 bits per heavy atom. The van der Waals surface area contributed by atoms with Crippen molar-refractivity contribution in [2.75, 3.05) is 14.1 Å². The molecule has 0 aromatic heterocycles. The van der Waals surface area contributed by atoms with Crippen molar-refractivity contribution >= 4 is 17.7 Å². The maximum Gasteiger partial charge on any atom is 0.106 e. The summed E-state index contributed by atoms with van der Waals surface area (Å²) in [6, 6.07) is 16.1. The predicted molar refractivity (Wildman–Crippen MR) is 110 cm³/mol. The average Bonchev–Trinajstić information content (AvgIpc) is 2.61. The Morgan fingerprint density at radius 2 is 1.85 bits per heavy atom. The van der Waals surface area contributed by atoms with E-state index in [2.05, 4.69) is 30.0 Å². The van der Waals surface area contributed by atoms with Crippen LogP contribution in [-0.2, 0) is 0 Å². The summed E-state index contributed by atoms with van der Waals surface area (Å²) in [6.07, 6.45) is 6.02. The molecule has 0 radical (unpaired) electrons. The molecule has 2 unspecified atom stereocenters. The van der Waals surface area contributed by atoms with Crippen LogP contribution >= 0.6 is 11.6 Å². The molecule has 138 valence electrons. The Balaban J connectivity index is 2.10. The lowest BCUT2D eigenvalue weighted by atomic mass is 9.71. The van der Waals surface area contributed by atoms with Crippen LogP contribution in [0.2, 0.25) is 5.02 Å². The summed E-state index contributed by atoms with van der Waals surface area (Å²) in [5.41, 5.74) is 3.63. The van der Waals surface area contributed by atoms with Crippen molar-refractivity contribution < 1.29 is 5.11 Å². The molecule has 2 aromatic carbocycles. The van der Waals surface area contributed by atoms with E-state index in [1.165, 1.54) is 0 Å². The summed E-state index contributed by atoms with van der Waals surface area (Å²) in [5.74, 6) is 0. The molecule has 1 N–H and O–H groups in total. The number of rotatable bonds is 4. The minimum atomic E-state index is -0.896. The molecule has 0 spiro atoms. The van der Waals surface area contributed by atoms with Crippen LogP contribution in [0.4, 0.5) is 0 Å². The summed E-state index contributed by atoms with van der Waals surface area (Å²) < 4.78 is 0. The molecule has 3 rings (SSSR count). The van der Waals surface area contributed by atoms with E-state index in [1.807, 2.05) is 50.5 Å². The number of aliphatic hydroxyl groups is 1. The summed E-state index contributed by atoms with van der Waals surface area (Å²) in [5, 5.41) is 12.7. The van der Waals surface area contributed by atoms with Crippen LogP contribution < -0.4 is 0 Å². The van der Waals surface area contributed by atoms with E-state index in [4.69, 9.17) is 11.6 Å². The topological polar surface area (TPSA) is 23.5 Å². The Morgan fingerprint density at radius 1 is 1.12 bits per heavy atom. The first-order valence-electron chi connectivity index (χ1n) is 9.33. The second-order valence-corrected chi connectivity index (χ2v) is 8.02. The van der Waals surface area contributed by atoms with E-state index < -0.39 is 5.60 Å². The lowest BCUT2D eigenvalue weighted by Gasteiger charge is -2.45. The Bertz CT molecular complexity index is 784. The van der Waals surface area contributed by atoms with Crippen molar-refractivity contribution in [1.29, 1.82) is 0 Å². The molecule has 0 saturated heterocycles. The van der Waals surface area contributed by atoms with E-state index in [-0.39, 0.29) is 6.04 Å². The van der Waals surface area contributed by atoms with E-state index in [0.29, 0.717) is 5.02 Å². The Hall–Kier alpha value is -1.61.